The Morgan fingerprint density at radius 2 is 0.952 bits per heavy atom. The number of carbonyl (C=O) groups excluding carboxylic acids is 2. The van der Waals surface area contributed by atoms with Crippen molar-refractivity contribution in [2.24, 2.45) is 0 Å². The largest absolute Gasteiger partial charge is 0.430 e. The van der Waals surface area contributed by atoms with Crippen molar-refractivity contribution in [1.29, 1.82) is 0 Å². The molecule has 0 unspecified atom stereocenters. The fraction of sp³-hybridized carbons (Fsp3) is 0.293. The van der Waals surface area contributed by atoms with E-state index in [1.807, 2.05) is 12.1 Å². The number of nitrogens with zero attached hydrogens (tertiary/aromatic N) is 3. The highest BCUT2D eigenvalue weighted by Crippen LogP contribution is 2.51. The Kier molecular flexibility index (Phi) is 12.4. The molecule has 0 bridgehead atoms. The maximum atomic E-state index is 13.1. The third-order valence-corrected chi connectivity index (χ3v) is 10.9. The average molecular weight is 952 g/mol. The molecule has 0 saturated carbocycles. The molecule has 0 saturated heterocycles. The molecule has 2 amide bonds. The third kappa shape index (κ3) is 8.78. The number of aliphatic hydroxyl groups is 2. The summed E-state index contributed by atoms with van der Waals surface area (Å²) in [6.45, 7) is -0.0716. The summed E-state index contributed by atoms with van der Waals surface area (Å²) >= 11 is 3.34. The van der Waals surface area contributed by atoms with Gasteiger partial charge in [0.25, 0.3) is 11.2 Å². The summed E-state index contributed by atoms with van der Waals surface area (Å²) in [6, 6.07) is 17.2. The van der Waals surface area contributed by atoms with Crippen LogP contribution in [0.3, 0.4) is 0 Å². The number of aromatic nitrogens is 2. The van der Waals surface area contributed by atoms with E-state index in [0.717, 1.165) is 51.0 Å². The molecule has 3 heterocycles. The van der Waals surface area contributed by atoms with E-state index >= 15 is 0 Å². The molecule has 330 valence electrons. The van der Waals surface area contributed by atoms with Gasteiger partial charge in [-0.05, 0) is 71.0 Å². The van der Waals surface area contributed by atoms with Crippen LogP contribution < -0.4 is 9.80 Å². The molecule has 0 spiro atoms. The van der Waals surface area contributed by atoms with Crippen LogP contribution in [0.5, 0.6) is 0 Å². The van der Waals surface area contributed by atoms with Crippen molar-refractivity contribution in [3.63, 3.8) is 0 Å². The molecule has 0 radical (unpaired) electrons. The molecule has 0 atom stereocenters. The predicted molar refractivity (Wildman–Crippen MR) is 202 cm³/mol. The minimum atomic E-state index is -5.96. The Labute approximate surface area is 351 Å². The van der Waals surface area contributed by atoms with Gasteiger partial charge in [0.1, 0.15) is 0 Å². The molecule has 4 aromatic carbocycles. The second-order valence-corrected chi connectivity index (χ2v) is 15.3. The van der Waals surface area contributed by atoms with Gasteiger partial charge in [0.05, 0.1) is 19.3 Å². The van der Waals surface area contributed by atoms with Crippen molar-refractivity contribution < 1.29 is 72.5 Å². The van der Waals surface area contributed by atoms with Crippen LogP contribution in [0.1, 0.15) is 46.2 Å². The number of alkyl halides is 12. The van der Waals surface area contributed by atoms with Crippen LogP contribution in [0.15, 0.2) is 102 Å². The van der Waals surface area contributed by atoms with Crippen LogP contribution in [0, 0.1) is 0 Å². The minimum absolute atomic E-state index is 0.0236. The summed E-state index contributed by atoms with van der Waals surface area (Å²) in [7, 11) is 0. The van der Waals surface area contributed by atoms with Gasteiger partial charge in [-0.3, -0.25) is 14.7 Å². The highest BCUT2D eigenvalue weighted by Gasteiger charge is 2.72. The normalized spacial score (nSPS) is 15.2. The minimum Gasteiger partial charge on any atom is -0.369 e. The van der Waals surface area contributed by atoms with Gasteiger partial charge < -0.3 is 20.0 Å². The zero-order valence-corrected chi connectivity index (χ0v) is 33.0. The number of benzene rings is 4. The van der Waals surface area contributed by atoms with Crippen molar-refractivity contribution in [3.8, 4) is 11.1 Å². The zero-order chi connectivity index (χ0) is 45.6. The number of rotatable bonds is 7. The number of hydrogen-bond donors (Lipinski definition) is 3. The molecule has 3 N–H and O–H groups in total. The second-order valence-electron chi connectivity index (χ2n) is 14.4. The van der Waals surface area contributed by atoms with Crippen LogP contribution in [-0.4, -0.2) is 56.9 Å². The molecule has 5 aromatic rings. The van der Waals surface area contributed by atoms with Crippen molar-refractivity contribution in [2.45, 2.75) is 74.7 Å². The topological polar surface area (TPSA) is 110 Å². The Morgan fingerprint density at radius 1 is 0.548 bits per heavy atom. The summed E-state index contributed by atoms with van der Waals surface area (Å²) in [5.41, 5.74) is -7.23. The van der Waals surface area contributed by atoms with Gasteiger partial charge in [-0.25, -0.2) is 0 Å². The van der Waals surface area contributed by atoms with Crippen LogP contribution in [0.4, 0.5) is 64.1 Å². The summed E-state index contributed by atoms with van der Waals surface area (Å²) in [5.74, 6) is -0.421. The number of carbonyl (C=O) groups is 2. The monoisotopic (exact) mass is 950 g/mol. The molecule has 0 fully saturated rings. The van der Waals surface area contributed by atoms with E-state index < -0.39 is 47.0 Å². The first-order chi connectivity index (χ1) is 28.8. The number of halogens is 13. The molecular formula is C41H31BrF12N4O4. The molecule has 1 aromatic heterocycles. The number of amides is 2. The van der Waals surface area contributed by atoms with Crippen molar-refractivity contribution in [2.75, 3.05) is 9.80 Å². The van der Waals surface area contributed by atoms with E-state index in [4.69, 9.17) is 0 Å². The molecule has 21 heteroatoms. The summed E-state index contributed by atoms with van der Waals surface area (Å²) in [5, 5.41) is 25.6. The Hall–Kier alpha value is -5.41. The number of nitrogens with one attached hydrogen (secondary N) is 1. The Morgan fingerprint density at radius 3 is 1.34 bits per heavy atom. The van der Waals surface area contributed by atoms with Gasteiger partial charge in [-0.1, -0.05) is 70.5 Å². The lowest BCUT2D eigenvalue weighted by Crippen LogP contribution is -2.53. The first-order valence-corrected chi connectivity index (χ1v) is 19.0. The third-order valence-electron chi connectivity index (χ3n) is 10.4. The van der Waals surface area contributed by atoms with Gasteiger partial charge in [-0.2, -0.15) is 57.8 Å². The van der Waals surface area contributed by atoms with Gasteiger partial charge >= 0.3 is 24.7 Å². The Bertz CT molecular complexity index is 2390. The van der Waals surface area contributed by atoms with E-state index in [1.54, 1.807) is 36.7 Å². The predicted octanol–water partition coefficient (Wildman–Crippen LogP) is 10.1. The second kappa shape index (κ2) is 16.7. The highest BCUT2D eigenvalue weighted by atomic mass is 79.9. The van der Waals surface area contributed by atoms with E-state index in [0.29, 0.717) is 59.6 Å². The fourth-order valence-electron chi connectivity index (χ4n) is 7.07. The molecule has 2 aliphatic rings. The standard InChI is InChI=1S/C22H17F6N3O2.C19H14BrF6NO2/c23-21(24,25)20(33,22(26,27)28)17-5-1-13(2-6-17)12-31-18-7-3-14(16-10-29-30-11-16)9-15(18)4-8-19(31)32;20-14-6-7-15-12(9-14)3-8-16(28)27(15)10-11-1-4-13(5-2-11)17(29,18(21,22)23)19(24,25)26/h1-3,5-7,9-11,33H,4,8,12H2,(H,29,30);1-2,4-7,9,29H,3,8,10H2. The first kappa shape index (κ1) is 46.1. The average Bonchev–Trinajstić information content (AvgIpc) is 3.74. The maximum Gasteiger partial charge on any atom is 0.430 e. The van der Waals surface area contributed by atoms with Crippen molar-refractivity contribution in [1.82, 2.24) is 10.2 Å². The number of fused-ring (bicyclic) bond motifs is 2. The van der Waals surface area contributed by atoms with Crippen LogP contribution in [-0.2, 0) is 46.7 Å². The lowest BCUT2D eigenvalue weighted by Gasteiger charge is -2.33. The quantitative estimate of drug-likeness (QED) is 0.141. The molecule has 0 aliphatic carbocycles. The molecule has 2 aliphatic heterocycles. The van der Waals surface area contributed by atoms with Gasteiger partial charge in [0, 0.05) is 51.6 Å². The number of H-pyrrole nitrogens is 1. The molecule has 8 nitrogen and oxygen atoms in total. The van der Waals surface area contributed by atoms with E-state index in [2.05, 4.69) is 26.1 Å². The smallest absolute Gasteiger partial charge is 0.369 e. The number of aromatic amines is 1. The Balaban J connectivity index is 0.000000209. The van der Waals surface area contributed by atoms with Gasteiger partial charge in [0.15, 0.2) is 0 Å². The lowest BCUT2D eigenvalue weighted by molar-refractivity contribution is -0.376. The summed E-state index contributed by atoms with van der Waals surface area (Å²) in [4.78, 5) is 27.7. The zero-order valence-electron chi connectivity index (χ0n) is 31.4. The molecular weight excluding hydrogens is 920 g/mol. The van der Waals surface area contributed by atoms with E-state index in [9.17, 15) is 72.5 Å². The number of aryl methyl sites for hydroxylation is 2. The van der Waals surface area contributed by atoms with Crippen LogP contribution >= 0.6 is 15.9 Å². The number of anilines is 2. The summed E-state index contributed by atoms with van der Waals surface area (Å²) in [6.07, 6.45) is -18.9. The lowest BCUT2D eigenvalue weighted by atomic mass is 9.91. The van der Waals surface area contributed by atoms with Crippen molar-refractivity contribution in [3.05, 3.63) is 135 Å². The van der Waals surface area contributed by atoms with Gasteiger partial charge in [-0.15, -0.1) is 0 Å². The van der Waals surface area contributed by atoms with Crippen molar-refractivity contribution >= 4 is 39.1 Å². The SMILES string of the molecule is O=C1CCc2cc(-c3cn[nH]c3)ccc2N1Cc1ccc(C(O)(C(F)(F)F)C(F)(F)F)cc1.O=C1CCc2cc(Br)ccc2N1Cc1ccc(C(O)(C(F)(F)F)C(F)(F)F)cc1. The van der Waals surface area contributed by atoms with Crippen LogP contribution in [0.25, 0.3) is 11.1 Å². The first-order valence-electron chi connectivity index (χ1n) is 18.2. The maximum absolute atomic E-state index is 13.1. The van der Waals surface area contributed by atoms with E-state index in [1.165, 1.54) is 9.80 Å². The van der Waals surface area contributed by atoms with E-state index in [-0.39, 0.29) is 37.7 Å². The van der Waals surface area contributed by atoms with Gasteiger partial charge in [0.2, 0.25) is 11.8 Å². The van der Waals surface area contributed by atoms with Crippen LogP contribution in [0.2, 0.25) is 0 Å². The molecule has 7 rings (SSSR count). The highest BCUT2D eigenvalue weighted by molar-refractivity contribution is 9.10. The molecule has 62 heavy (non-hydrogen) atoms. The summed E-state index contributed by atoms with van der Waals surface area (Å²) < 4.78 is 157. The number of hydrogen-bond acceptors (Lipinski definition) is 5. The fourth-order valence-corrected chi connectivity index (χ4v) is 7.48.